The molecule has 0 amide bonds. The van der Waals surface area contributed by atoms with Gasteiger partial charge in [0.25, 0.3) is 5.56 Å². The van der Waals surface area contributed by atoms with Gasteiger partial charge in [0.15, 0.2) is 0 Å². The Morgan fingerprint density at radius 3 is 2.83 bits per heavy atom. The van der Waals surface area contributed by atoms with Crippen LogP contribution < -0.4 is 5.56 Å². The van der Waals surface area contributed by atoms with Crippen molar-refractivity contribution in [2.24, 2.45) is 0 Å². The Kier molecular flexibility index (Phi) is 4.70. The number of hydrogen-bond acceptors (Lipinski definition) is 4. The summed E-state index contributed by atoms with van der Waals surface area (Å²) in [6.45, 7) is 3.86. The lowest BCUT2D eigenvalue weighted by atomic mass is 10.1. The number of ether oxygens (including phenoxy) is 1. The van der Waals surface area contributed by atoms with Crippen molar-refractivity contribution in [3.63, 3.8) is 0 Å². The molecule has 3 rings (SSSR count). The van der Waals surface area contributed by atoms with Gasteiger partial charge in [-0.05, 0) is 48.1 Å². The summed E-state index contributed by atoms with van der Waals surface area (Å²) in [5.74, 6) is -0.455. The van der Waals surface area contributed by atoms with Crippen molar-refractivity contribution in [1.82, 2.24) is 14.2 Å². The van der Waals surface area contributed by atoms with E-state index in [0.717, 1.165) is 20.4 Å². The third-order valence-electron chi connectivity index (χ3n) is 3.64. The predicted molar refractivity (Wildman–Crippen MR) is 99.0 cm³/mol. The number of carbonyl (C=O) groups excluding carboxylic acids is 1. The average molecular weight is 437 g/mol. The van der Waals surface area contributed by atoms with Crippen LogP contribution in [0, 0.1) is 10.6 Å². The first-order chi connectivity index (χ1) is 11.5. The third kappa shape index (κ3) is 3.08. The van der Waals surface area contributed by atoms with Crippen molar-refractivity contribution in [3.05, 3.63) is 56.3 Å². The van der Waals surface area contributed by atoms with Crippen molar-refractivity contribution < 1.29 is 9.53 Å². The number of carbonyl (C=O) groups is 1. The molecule has 0 saturated heterocycles. The predicted octanol–water partition coefficient (Wildman–Crippen LogP) is 2.64. The van der Waals surface area contributed by atoms with Gasteiger partial charge in [-0.25, -0.2) is 4.52 Å². The van der Waals surface area contributed by atoms with E-state index in [1.807, 2.05) is 37.3 Å². The van der Waals surface area contributed by atoms with Crippen LogP contribution in [-0.4, -0.2) is 26.8 Å². The van der Waals surface area contributed by atoms with Crippen LogP contribution in [-0.2, 0) is 16.1 Å². The maximum atomic E-state index is 12.9. The highest BCUT2D eigenvalue weighted by atomic mass is 127. The minimum absolute atomic E-state index is 0.148. The van der Waals surface area contributed by atoms with Crippen LogP contribution in [0.4, 0.5) is 0 Å². The zero-order valence-electron chi connectivity index (χ0n) is 13.3. The number of hydrogen-bond donors (Lipinski definition) is 0. The molecule has 0 N–H and O–H groups in total. The smallest absolute Gasteiger partial charge is 0.326 e. The van der Waals surface area contributed by atoms with Crippen molar-refractivity contribution in [3.8, 4) is 11.1 Å². The summed E-state index contributed by atoms with van der Waals surface area (Å²) in [5.41, 5.74) is 3.05. The van der Waals surface area contributed by atoms with E-state index in [1.165, 1.54) is 10.9 Å². The molecule has 1 aromatic carbocycles. The van der Waals surface area contributed by atoms with Gasteiger partial charge in [0.2, 0.25) is 0 Å². The summed E-state index contributed by atoms with van der Waals surface area (Å²) in [6.07, 6.45) is 1.37. The average Bonchev–Trinajstić information content (AvgIpc) is 2.88. The topological polar surface area (TPSA) is 65.6 Å². The standard InChI is InChI=1S/C17H16IN3O3/c1-3-24-15(22)9-20-10-19-21-14(18)8-13(16(21)17(20)23)12-6-4-5-11(2)7-12/h4-8,10H,3,9H2,1-2H3. The maximum Gasteiger partial charge on any atom is 0.326 e. The molecule has 0 aliphatic rings. The molecule has 0 fully saturated rings. The lowest BCUT2D eigenvalue weighted by molar-refractivity contribution is -0.143. The Balaban J connectivity index is 2.18. The fourth-order valence-electron chi connectivity index (χ4n) is 2.58. The van der Waals surface area contributed by atoms with E-state index < -0.39 is 5.97 Å². The summed E-state index contributed by atoms with van der Waals surface area (Å²) in [7, 11) is 0. The molecule has 0 aliphatic carbocycles. The molecule has 0 aliphatic heterocycles. The summed E-state index contributed by atoms with van der Waals surface area (Å²) in [4.78, 5) is 24.5. The van der Waals surface area contributed by atoms with Gasteiger partial charge in [-0.15, -0.1) is 0 Å². The van der Waals surface area contributed by atoms with Gasteiger partial charge in [0.1, 0.15) is 22.1 Å². The van der Waals surface area contributed by atoms with E-state index in [1.54, 1.807) is 11.4 Å². The first-order valence-electron chi connectivity index (χ1n) is 7.50. The van der Waals surface area contributed by atoms with Crippen LogP contribution in [0.25, 0.3) is 16.6 Å². The van der Waals surface area contributed by atoms with E-state index in [9.17, 15) is 9.59 Å². The summed E-state index contributed by atoms with van der Waals surface area (Å²) >= 11 is 2.14. The number of benzene rings is 1. The fraction of sp³-hybridized carbons (Fsp3) is 0.235. The van der Waals surface area contributed by atoms with Crippen LogP contribution in [0.5, 0.6) is 0 Å². The zero-order valence-corrected chi connectivity index (χ0v) is 15.5. The molecule has 24 heavy (non-hydrogen) atoms. The Morgan fingerprint density at radius 1 is 1.33 bits per heavy atom. The highest BCUT2D eigenvalue weighted by Gasteiger charge is 2.16. The summed E-state index contributed by atoms with van der Waals surface area (Å²) < 4.78 is 8.63. The van der Waals surface area contributed by atoms with Crippen molar-refractivity contribution in [1.29, 1.82) is 0 Å². The van der Waals surface area contributed by atoms with Gasteiger partial charge in [0.05, 0.1) is 6.61 Å². The molecule has 7 heteroatoms. The molecule has 3 aromatic rings. The third-order valence-corrected chi connectivity index (χ3v) is 4.40. The maximum absolute atomic E-state index is 12.9. The molecule has 0 atom stereocenters. The minimum Gasteiger partial charge on any atom is -0.465 e. The zero-order chi connectivity index (χ0) is 17.3. The van der Waals surface area contributed by atoms with E-state index in [4.69, 9.17) is 4.74 Å². The Bertz CT molecular complexity index is 975. The Labute approximate surface area is 152 Å². The molecule has 0 radical (unpaired) electrons. The van der Waals surface area contributed by atoms with Crippen LogP contribution in [0.2, 0.25) is 0 Å². The largest absolute Gasteiger partial charge is 0.465 e. The number of aromatic nitrogens is 3. The molecule has 6 nitrogen and oxygen atoms in total. The first-order valence-corrected chi connectivity index (χ1v) is 8.58. The van der Waals surface area contributed by atoms with Gasteiger partial charge in [0, 0.05) is 5.56 Å². The lowest BCUT2D eigenvalue weighted by Crippen LogP contribution is -2.27. The van der Waals surface area contributed by atoms with Gasteiger partial charge in [-0.2, -0.15) is 5.10 Å². The van der Waals surface area contributed by atoms with Crippen LogP contribution in [0.3, 0.4) is 0 Å². The van der Waals surface area contributed by atoms with E-state index in [2.05, 4.69) is 27.7 Å². The van der Waals surface area contributed by atoms with Crippen molar-refractivity contribution in [2.45, 2.75) is 20.4 Å². The second kappa shape index (κ2) is 6.76. The van der Waals surface area contributed by atoms with Gasteiger partial charge >= 0.3 is 5.97 Å². The van der Waals surface area contributed by atoms with Gasteiger partial charge in [-0.3, -0.25) is 14.2 Å². The molecular weight excluding hydrogens is 421 g/mol. The van der Waals surface area contributed by atoms with E-state index in [0.29, 0.717) is 5.52 Å². The molecule has 0 unspecified atom stereocenters. The molecule has 124 valence electrons. The van der Waals surface area contributed by atoms with Crippen LogP contribution >= 0.6 is 22.6 Å². The number of rotatable bonds is 4. The van der Waals surface area contributed by atoms with Crippen molar-refractivity contribution >= 4 is 34.1 Å². The molecular formula is C17H16IN3O3. The van der Waals surface area contributed by atoms with Crippen molar-refractivity contribution in [2.75, 3.05) is 6.61 Å². The van der Waals surface area contributed by atoms with Gasteiger partial charge < -0.3 is 4.74 Å². The Morgan fingerprint density at radius 2 is 2.12 bits per heavy atom. The molecule has 0 saturated carbocycles. The second-order valence-corrected chi connectivity index (χ2v) is 6.48. The summed E-state index contributed by atoms with van der Waals surface area (Å²) in [6, 6.07) is 9.86. The highest BCUT2D eigenvalue weighted by molar-refractivity contribution is 14.1. The molecule has 0 spiro atoms. The number of aryl methyl sites for hydroxylation is 1. The molecule has 2 heterocycles. The fourth-order valence-corrected chi connectivity index (χ4v) is 3.26. The molecule has 0 bridgehead atoms. The second-order valence-electron chi connectivity index (χ2n) is 5.38. The first kappa shape index (κ1) is 16.7. The highest BCUT2D eigenvalue weighted by Crippen LogP contribution is 2.27. The van der Waals surface area contributed by atoms with Crippen LogP contribution in [0.15, 0.2) is 41.5 Å². The normalized spacial score (nSPS) is 11.0. The monoisotopic (exact) mass is 437 g/mol. The van der Waals surface area contributed by atoms with E-state index in [-0.39, 0.29) is 18.7 Å². The number of halogens is 1. The quantitative estimate of drug-likeness (QED) is 0.465. The Hall–Kier alpha value is -2.16. The SMILES string of the molecule is CCOC(=O)Cn1cnn2c(I)cc(-c3cccc(C)c3)c2c1=O. The number of nitrogens with zero attached hydrogens (tertiary/aromatic N) is 3. The number of esters is 1. The summed E-state index contributed by atoms with van der Waals surface area (Å²) in [5, 5.41) is 4.29. The minimum atomic E-state index is -0.455. The van der Waals surface area contributed by atoms with Gasteiger partial charge in [-0.1, -0.05) is 29.8 Å². The molecule has 2 aromatic heterocycles. The lowest BCUT2D eigenvalue weighted by Gasteiger charge is -2.07. The van der Waals surface area contributed by atoms with E-state index >= 15 is 0 Å². The number of fused-ring (bicyclic) bond motifs is 1. The van der Waals surface area contributed by atoms with Crippen LogP contribution in [0.1, 0.15) is 12.5 Å².